The predicted molar refractivity (Wildman–Crippen MR) is 69.2 cm³/mol. The lowest BCUT2D eigenvalue weighted by molar-refractivity contribution is -0.119. The van der Waals surface area contributed by atoms with Gasteiger partial charge in [-0.2, -0.15) is 0 Å². The number of amides is 1. The number of carbonyl (C=O) groups excluding carboxylic acids is 1. The van der Waals surface area contributed by atoms with Crippen LogP contribution in [0.5, 0.6) is 0 Å². The fourth-order valence-corrected chi connectivity index (χ4v) is 2.06. The van der Waals surface area contributed by atoms with Crippen LogP contribution in [-0.2, 0) is 4.79 Å². The summed E-state index contributed by atoms with van der Waals surface area (Å²) >= 11 is 0. The smallest absolute Gasteiger partial charge is 0.231 e. The molecule has 1 amide bonds. The van der Waals surface area contributed by atoms with E-state index >= 15 is 0 Å². The van der Waals surface area contributed by atoms with Gasteiger partial charge in [-0.25, -0.2) is 4.39 Å². The van der Waals surface area contributed by atoms with Crippen molar-refractivity contribution in [2.75, 3.05) is 13.6 Å². The van der Waals surface area contributed by atoms with Crippen LogP contribution in [0.15, 0.2) is 24.3 Å². The van der Waals surface area contributed by atoms with Crippen LogP contribution in [-0.4, -0.2) is 30.4 Å². The van der Waals surface area contributed by atoms with E-state index in [-0.39, 0.29) is 24.4 Å². The minimum Gasteiger partial charge on any atom is -0.369 e. The van der Waals surface area contributed by atoms with Crippen molar-refractivity contribution in [2.24, 2.45) is 11.5 Å². The Bertz CT molecular complexity index is 394. The molecule has 0 spiro atoms. The van der Waals surface area contributed by atoms with Crippen LogP contribution in [0.4, 0.5) is 4.39 Å². The Balaban J connectivity index is 2.97. The summed E-state index contributed by atoms with van der Waals surface area (Å²) in [5.74, 6) is -0.701. The number of carbonyl (C=O) groups is 1. The van der Waals surface area contributed by atoms with Gasteiger partial charge in [-0.1, -0.05) is 19.1 Å². The Morgan fingerprint density at radius 2 is 1.94 bits per heavy atom. The molecule has 0 aromatic heterocycles. The molecule has 0 radical (unpaired) electrons. The lowest BCUT2D eigenvalue weighted by Crippen LogP contribution is -2.42. The number of likely N-dealkylation sites (N-methyl/N-ethyl adjacent to an activating group) is 1. The second kappa shape index (κ2) is 6.47. The van der Waals surface area contributed by atoms with Crippen LogP contribution in [0.1, 0.15) is 24.9 Å². The van der Waals surface area contributed by atoms with Gasteiger partial charge in [0.25, 0.3) is 0 Å². The third-order valence-corrected chi connectivity index (χ3v) is 2.97. The fraction of sp³-hybridized carbons (Fsp3) is 0.462. The number of hydrogen-bond acceptors (Lipinski definition) is 3. The van der Waals surface area contributed by atoms with Crippen LogP contribution in [0.3, 0.4) is 0 Å². The average molecular weight is 253 g/mol. The zero-order valence-corrected chi connectivity index (χ0v) is 10.8. The summed E-state index contributed by atoms with van der Waals surface area (Å²) in [5.41, 5.74) is 12.2. The van der Waals surface area contributed by atoms with Crippen LogP contribution >= 0.6 is 0 Å². The van der Waals surface area contributed by atoms with Gasteiger partial charge in [-0.3, -0.25) is 9.69 Å². The molecular weight excluding hydrogens is 233 g/mol. The van der Waals surface area contributed by atoms with Gasteiger partial charge in [-0.15, -0.1) is 0 Å². The molecular formula is C13H20FN3O. The minimum absolute atomic E-state index is 0.121. The molecule has 4 nitrogen and oxygen atoms in total. The van der Waals surface area contributed by atoms with E-state index in [9.17, 15) is 9.18 Å². The van der Waals surface area contributed by atoms with Crippen molar-refractivity contribution in [1.82, 2.24) is 4.90 Å². The van der Waals surface area contributed by atoms with Gasteiger partial charge < -0.3 is 11.5 Å². The second-order valence-electron chi connectivity index (χ2n) is 4.45. The number of hydrogen-bond donors (Lipinski definition) is 2. The summed E-state index contributed by atoms with van der Waals surface area (Å²) in [4.78, 5) is 12.8. The van der Waals surface area contributed by atoms with E-state index in [2.05, 4.69) is 0 Å². The number of benzene rings is 1. The molecule has 0 saturated heterocycles. The first-order valence-electron chi connectivity index (χ1n) is 5.95. The molecule has 0 aliphatic carbocycles. The lowest BCUT2D eigenvalue weighted by atomic mass is 9.96. The number of rotatable bonds is 6. The highest BCUT2D eigenvalue weighted by Gasteiger charge is 2.23. The second-order valence-corrected chi connectivity index (χ2v) is 4.45. The normalized spacial score (nSPS) is 14.5. The molecule has 1 rings (SSSR count). The third kappa shape index (κ3) is 3.78. The van der Waals surface area contributed by atoms with Gasteiger partial charge in [0, 0.05) is 6.04 Å². The number of halogens is 1. The van der Waals surface area contributed by atoms with E-state index in [1.54, 1.807) is 24.1 Å². The predicted octanol–water partition coefficient (Wildman–Crippen LogP) is 1.02. The van der Waals surface area contributed by atoms with E-state index in [1.807, 2.05) is 6.92 Å². The maximum atomic E-state index is 12.9. The summed E-state index contributed by atoms with van der Waals surface area (Å²) in [6.07, 6.45) is 0.755. The standard InChI is InChI=1S/C13H20FN3O/c1-3-11(15)13(17(2)8-12(16)18)9-4-6-10(14)7-5-9/h4-7,11,13H,3,8,15H2,1-2H3,(H2,16,18). The quantitative estimate of drug-likeness (QED) is 0.795. The first kappa shape index (κ1) is 14.6. The van der Waals surface area contributed by atoms with Crippen molar-refractivity contribution in [3.8, 4) is 0 Å². The van der Waals surface area contributed by atoms with Crippen molar-refractivity contribution < 1.29 is 9.18 Å². The average Bonchev–Trinajstić information content (AvgIpc) is 2.30. The number of nitrogens with zero attached hydrogens (tertiary/aromatic N) is 1. The van der Waals surface area contributed by atoms with E-state index < -0.39 is 5.91 Å². The molecule has 5 heteroatoms. The van der Waals surface area contributed by atoms with Crippen molar-refractivity contribution >= 4 is 5.91 Å². The summed E-state index contributed by atoms with van der Waals surface area (Å²) in [7, 11) is 1.79. The molecule has 0 fully saturated rings. The molecule has 18 heavy (non-hydrogen) atoms. The highest BCUT2D eigenvalue weighted by Crippen LogP contribution is 2.23. The third-order valence-electron chi connectivity index (χ3n) is 2.97. The van der Waals surface area contributed by atoms with Crippen LogP contribution in [0.2, 0.25) is 0 Å². The number of nitrogens with two attached hydrogens (primary N) is 2. The van der Waals surface area contributed by atoms with Crippen LogP contribution in [0, 0.1) is 5.82 Å². The van der Waals surface area contributed by atoms with E-state index in [1.165, 1.54) is 12.1 Å². The largest absolute Gasteiger partial charge is 0.369 e. The lowest BCUT2D eigenvalue weighted by Gasteiger charge is -2.31. The van der Waals surface area contributed by atoms with Crippen molar-refractivity contribution in [3.05, 3.63) is 35.6 Å². The Labute approximate surface area is 107 Å². The van der Waals surface area contributed by atoms with Gasteiger partial charge in [-0.05, 0) is 31.2 Å². The van der Waals surface area contributed by atoms with Gasteiger partial charge in [0.05, 0.1) is 12.6 Å². The summed E-state index contributed by atoms with van der Waals surface area (Å²) in [5, 5.41) is 0. The zero-order chi connectivity index (χ0) is 13.7. The molecule has 2 atom stereocenters. The Morgan fingerprint density at radius 1 is 1.39 bits per heavy atom. The summed E-state index contributed by atoms with van der Waals surface area (Å²) in [6.45, 7) is 2.09. The first-order chi connectivity index (χ1) is 8.45. The van der Waals surface area contributed by atoms with Crippen molar-refractivity contribution in [2.45, 2.75) is 25.4 Å². The maximum absolute atomic E-state index is 12.9. The molecule has 0 saturated carbocycles. The Kier molecular flexibility index (Phi) is 5.25. The molecule has 0 aliphatic heterocycles. The van der Waals surface area contributed by atoms with Crippen LogP contribution < -0.4 is 11.5 Å². The Hall–Kier alpha value is -1.46. The highest BCUT2D eigenvalue weighted by molar-refractivity contribution is 5.75. The minimum atomic E-state index is -0.409. The van der Waals surface area contributed by atoms with Gasteiger partial charge in [0.1, 0.15) is 5.82 Å². The van der Waals surface area contributed by atoms with Crippen molar-refractivity contribution in [3.63, 3.8) is 0 Å². The first-order valence-corrected chi connectivity index (χ1v) is 5.95. The fourth-order valence-electron chi connectivity index (χ4n) is 2.06. The molecule has 0 heterocycles. The van der Waals surface area contributed by atoms with Gasteiger partial charge in [0.15, 0.2) is 0 Å². The topological polar surface area (TPSA) is 72.3 Å². The highest BCUT2D eigenvalue weighted by atomic mass is 19.1. The van der Waals surface area contributed by atoms with E-state index in [0.717, 1.165) is 12.0 Å². The zero-order valence-electron chi connectivity index (χ0n) is 10.8. The summed E-state index contributed by atoms with van der Waals surface area (Å²) in [6, 6.07) is 5.87. The van der Waals surface area contributed by atoms with E-state index in [4.69, 9.17) is 11.5 Å². The molecule has 2 unspecified atom stereocenters. The monoisotopic (exact) mass is 253 g/mol. The van der Waals surface area contributed by atoms with Crippen LogP contribution in [0.25, 0.3) is 0 Å². The van der Waals surface area contributed by atoms with Gasteiger partial charge in [0.2, 0.25) is 5.91 Å². The Morgan fingerprint density at radius 3 is 2.39 bits per heavy atom. The number of primary amides is 1. The molecule has 1 aromatic carbocycles. The molecule has 4 N–H and O–H groups in total. The molecule has 0 bridgehead atoms. The molecule has 0 aliphatic rings. The van der Waals surface area contributed by atoms with Gasteiger partial charge >= 0.3 is 0 Å². The maximum Gasteiger partial charge on any atom is 0.231 e. The summed E-state index contributed by atoms with van der Waals surface area (Å²) < 4.78 is 12.9. The van der Waals surface area contributed by atoms with Crippen molar-refractivity contribution in [1.29, 1.82) is 0 Å². The molecule has 100 valence electrons. The SMILES string of the molecule is CCC(N)C(c1ccc(F)cc1)N(C)CC(N)=O. The van der Waals surface area contributed by atoms with E-state index in [0.29, 0.717) is 0 Å². The molecule has 1 aromatic rings.